The molecule has 0 atom stereocenters. The largest absolute Gasteiger partial charge is 0.290 e. The van der Waals surface area contributed by atoms with Crippen LogP contribution in [0.1, 0.15) is 20.7 Å². The lowest BCUT2D eigenvalue weighted by Crippen LogP contribution is -2.45. The quantitative estimate of drug-likeness (QED) is 0.746. The van der Waals surface area contributed by atoms with Gasteiger partial charge in [-0.1, -0.05) is 65.7 Å². The minimum atomic E-state index is -1.97. The first-order valence-electron chi connectivity index (χ1n) is 6.22. The van der Waals surface area contributed by atoms with Gasteiger partial charge in [0, 0.05) is 11.1 Å². The molecule has 21 heavy (non-hydrogen) atoms. The molecule has 0 fully saturated rings. The molecular weight excluding hydrogens is 309 g/mol. The topological polar surface area (TPSA) is 46.5 Å². The number of carbonyl (C=O) groups excluding carboxylic acids is 2. The van der Waals surface area contributed by atoms with E-state index >= 15 is 0 Å². The highest BCUT2D eigenvalue weighted by Gasteiger charge is 2.49. The number of hydrogen-bond donors (Lipinski definition) is 0. The zero-order valence-corrected chi connectivity index (χ0v) is 12.2. The van der Waals surface area contributed by atoms with E-state index in [9.17, 15) is 9.59 Å². The second kappa shape index (κ2) is 5.10. The molecule has 0 N–H and O–H groups in total. The van der Waals surface area contributed by atoms with Gasteiger partial charge in [-0.05, 0) is 12.1 Å². The number of halogens is 2. The van der Waals surface area contributed by atoms with E-state index in [1.54, 1.807) is 42.5 Å². The molecule has 0 saturated heterocycles. The monoisotopic (exact) mass is 317 g/mol. The van der Waals surface area contributed by atoms with Crippen LogP contribution in [0.25, 0.3) is 0 Å². The molecule has 104 valence electrons. The molecule has 0 saturated carbocycles. The van der Waals surface area contributed by atoms with E-state index < -0.39 is 15.9 Å². The number of fused-ring (bicyclic) bond motifs is 1. The van der Waals surface area contributed by atoms with Gasteiger partial charge in [0.1, 0.15) is 5.71 Å². The van der Waals surface area contributed by atoms with Gasteiger partial charge in [-0.3, -0.25) is 9.59 Å². The average Bonchev–Trinajstić information content (AvgIpc) is 2.51. The Morgan fingerprint density at radius 2 is 1.38 bits per heavy atom. The van der Waals surface area contributed by atoms with Crippen molar-refractivity contribution >= 4 is 46.2 Å². The molecule has 0 spiro atoms. The Balaban J connectivity index is 2.20. The normalized spacial score (nSPS) is 18.7. The minimum Gasteiger partial charge on any atom is -0.290 e. The lowest BCUT2D eigenvalue weighted by molar-refractivity contribution is 0.0957. The first-order chi connectivity index (χ1) is 10.0. The van der Waals surface area contributed by atoms with Crippen LogP contribution in [0.2, 0.25) is 0 Å². The second-order valence-electron chi connectivity index (χ2n) is 4.57. The highest BCUT2D eigenvalue weighted by Crippen LogP contribution is 2.36. The molecule has 0 unspecified atom stereocenters. The minimum absolute atomic E-state index is 0.166. The van der Waals surface area contributed by atoms with Crippen LogP contribution < -0.4 is 0 Å². The molecule has 0 radical (unpaired) electrons. The number of carbonyl (C=O) groups is 2. The highest BCUT2D eigenvalue weighted by atomic mass is 35.5. The first-order valence-corrected chi connectivity index (χ1v) is 6.98. The predicted octanol–water partition coefficient (Wildman–Crippen LogP) is 4.01. The second-order valence-corrected chi connectivity index (χ2v) is 5.90. The zero-order valence-electron chi connectivity index (χ0n) is 10.7. The van der Waals surface area contributed by atoms with Crippen LogP contribution in [0, 0.1) is 0 Å². The van der Waals surface area contributed by atoms with E-state index in [1.807, 2.05) is 6.07 Å². The van der Waals surface area contributed by atoms with Crippen molar-refractivity contribution in [1.82, 2.24) is 0 Å². The number of nitrogens with zero attached hydrogens (tertiary/aromatic N) is 1. The first kappa shape index (κ1) is 14.0. The van der Waals surface area contributed by atoms with E-state index in [0.29, 0.717) is 5.69 Å². The molecule has 3 rings (SSSR count). The lowest BCUT2D eigenvalue weighted by Gasteiger charge is -2.26. The van der Waals surface area contributed by atoms with Crippen molar-refractivity contribution in [3.63, 3.8) is 0 Å². The Kier molecular flexibility index (Phi) is 3.40. The van der Waals surface area contributed by atoms with Crippen LogP contribution in [-0.4, -0.2) is 21.6 Å². The Morgan fingerprint density at radius 1 is 0.810 bits per heavy atom. The molecule has 0 heterocycles. The summed E-state index contributed by atoms with van der Waals surface area (Å²) in [5, 5.41) is 0. The van der Waals surface area contributed by atoms with Crippen molar-refractivity contribution in [2.24, 2.45) is 4.99 Å². The fourth-order valence-corrected chi connectivity index (χ4v) is 2.64. The standard InChI is InChI=1S/C16H9Cl2NO2/c17-16(18)14(19-10-6-2-1-3-7-10)13(20)11-8-4-5-9-12(11)15(16)21/h1-9H. The third-order valence-corrected chi connectivity index (χ3v) is 3.91. The summed E-state index contributed by atoms with van der Waals surface area (Å²) >= 11 is 12.3. The number of hydrogen-bond acceptors (Lipinski definition) is 3. The molecule has 0 aliphatic heterocycles. The van der Waals surface area contributed by atoms with E-state index in [1.165, 1.54) is 6.07 Å². The van der Waals surface area contributed by atoms with Gasteiger partial charge in [0.05, 0.1) is 5.69 Å². The van der Waals surface area contributed by atoms with Crippen LogP contribution in [-0.2, 0) is 0 Å². The van der Waals surface area contributed by atoms with Crippen LogP contribution in [0.4, 0.5) is 5.69 Å². The van der Waals surface area contributed by atoms with Gasteiger partial charge in [-0.2, -0.15) is 0 Å². The van der Waals surface area contributed by atoms with Gasteiger partial charge in [-0.25, -0.2) is 4.99 Å². The van der Waals surface area contributed by atoms with Crippen LogP contribution >= 0.6 is 23.2 Å². The Labute approximate surface area is 131 Å². The molecule has 1 aliphatic rings. The fourth-order valence-electron chi connectivity index (χ4n) is 2.18. The van der Waals surface area contributed by atoms with E-state index in [0.717, 1.165) is 0 Å². The summed E-state index contributed by atoms with van der Waals surface area (Å²) in [6.45, 7) is 0. The van der Waals surface area contributed by atoms with Crippen LogP contribution in [0.15, 0.2) is 59.6 Å². The maximum Gasteiger partial charge on any atom is 0.225 e. The third kappa shape index (κ3) is 2.28. The number of ketones is 2. The van der Waals surface area contributed by atoms with Crippen molar-refractivity contribution in [1.29, 1.82) is 0 Å². The maximum atomic E-state index is 12.5. The molecule has 3 nitrogen and oxygen atoms in total. The Bertz CT molecular complexity index is 767. The number of para-hydroxylation sites is 1. The maximum absolute atomic E-state index is 12.5. The van der Waals surface area contributed by atoms with Gasteiger partial charge < -0.3 is 0 Å². The summed E-state index contributed by atoms with van der Waals surface area (Å²) in [6, 6.07) is 15.2. The van der Waals surface area contributed by atoms with E-state index in [4.69, 9.17) is 23.2 Å². The average molecular weight is 318 g/mol. The van der Waals surface area contributed by atoms with Crippen molar-refractivity contribution < 1.29 is 9.59 Å². The molecular formula is C16H9Cl2NO2. The van der Waals surface area contributed by atoms with Gasteiger partial charge in [0.2, 0.25) is 15.9 Å². The molecule has 2 aromatic rings. The van der Waals surface area contributed by atoms with Gasteiger partial charge in [0.15, 0.2) is 0 Å². The number of aliphatic imine (C=N–C) groups is 1. The smallest absolute Gasteiger partial charge is 0.225 e. The summed E-state index contributed by atoms with van der Waals surface area (Å²) < 4.78 is -1.97. The van der Waals surface area contributed by atoms with E-state index in [-0.39, 0.29) is 16.8 Å². The van der Waals surface area contributed by atoms with Crippen molar-refractivity contribution in [2.45, 2.75) is 4.33 Å². The van der Waals surface area contributed by atoms with Gasteiger partial charge >= 0.3 is 0 Å². The molecule has 5 heteroatoms. The summed E-state index contributed by atoms with van der Waals surface area (Å²) in [4.78, 5) is 29.1. The fraction of sp³-hybridized carbons (Fsp3) is 0.0625. The SMILES string of the molecule is O=C1C(=Nc2ccccc2)C(Cl)(Cl)C(=O)c2ccccc21. The lowest BCUT2D eigenvalue weighted by atomic mass is 9.87. The number of Topliss-reactive ketones (excluding diaryl/α,β-unsaturated/α-hetero) is 2. The molecule has 0 amide bonds. The molecule has 0 aromatic heterocycles. The highest BCUT2D eigenvalue weighted by molar-refractivity contribution is 6.80. The number of alkyl halides is 2. The zero-order chi connectivity index (χ0) is 15.0. The van der Waals surface area contributed by atoms with Crippen molar-refractivity contribution in [3.05, 3.63) is 65.7 Å². The van der Waals surface area contributed by atoms with Crippen LogP contribution in [0.5, 0.6) is 0 Å². The van der Waals surface area contributed by atoms with E-state index in [2.05, 4.69) is 4.99 Å². The van der Waals surface area contributed by atoms with Gasteiger partial charge in [0.25, 0.3) is 0 Å². The summed E-state index contributed by atoms with van der Waals surface area (Å²) in [5.41, 5.74) is 0.841. The van der Waals surface area contributed by atoms with Crippen molar-refractivity contribution in [3.8, 4) is 0 Å². The number of rotatable bonds is 1. The summed E-state index contributed by atoms with van der Waals surface area (Å²) in [5.74, 6) is -0.963. The third-order valence-electron chi connectivity index (χ3n) is 3.21. The molecule has 0 bridgehead atoms. The van der Waals surface area contributed by atoms with Crippen molar-refractivity contribution in [2.75, 3.05) is 0 Å². The van der Waals surface area contributed by atoms with Crippen LogP contribution in [0.3, 0.4) is 0 Å². The van der Waals surface area contributed by atoms with Gasteiger partial charge in [-0.15, -0.1) is 0 Å². The predicted molar refractivity (Wildman–Crippen MR) is 83.1 cm³/mol. The Hall–Kier alpha value is -1.97. The Morgan fingerprint density at radius 3 is 2.05 bits per heavy atom. The molecule has 2 aromatic carbocycles. The number of benzene rings is 2. The summed E-state index contributed by atoms with van der Waals surface area (Å²) in [6.07, 6.45) is 0. The molecule has 1 aliphatic carbocycles. The summed E-state index contributed by atoms with van der Waals surface area (Å²) in [7, 11) is 0.